The lowest BCUT2D eigenvalue weighted by Crippen LogP contribution is -2.06. The molecule has 0 atom stereocenters. The largest absolute Gasteiger partial charge is 0.310 e. The number of rotatable bonds is 1. The molecule has 0 fully saturated rings. The van der Waals surface area contributed by atoms with Crippen molar-refractivity contribution in [3.8, 4) is 6.07 Å². The quantitative estimate of drug-likeness (QED) is 0.524. The van der Waals surface area contributed by atoms with E-state index in [9.17, 15) is 19.4 Å². The summed E-state index contributed by atoms with van der Waals surface area (Å²) in [6.45, 7) is 0. The molecule has 0 heterocycles. The van der Waals surface area contributed by atoms with E-state index in [0.29, 0.717) is 6.07 Å². The van der Waals surface area contributed by atoms with E-state index in [0.717, 1.165) is 6.07 Å². The molecule has 1 aromatic carbocycles. The molecule has 1 rings (SSSR count). The van der Waals surface area contributed by atoms with Crippen molar-refractivity contribution in [2.24, 2.45) is 0 Å². The summed E-state index contributed by atoms with van der Waals surface area (Å²) in [6, 6.07) is 2.97. The summed E-state index contributed by atoms with van der Waals surface area (Å²) < 4.78 is 61.6. The van der Waals surface area contributed by atoms with Crippen LogP contribution in [-0.4, -0.2) is 0 Å². The molecule has 84 valence electrons. The second-order valence-corrected chi connectivity index (χ2v) is 6.41. The number of benzene rings is 1. The number of nitriles is 1. The molecule has 0 amide bonds. The number of nitrogens with zero attached hydrogens (tertiary/aromatic N) is 1. The van der Waals surface area contributed by atoms with Crippen LogP contribution in [0.1, 0.15) is 5.56 Å². The predicted molar refractivity (Wildman–Crippen MR) is 55.3 cm³/mol. The first-order chi connectivity index (χ1) is 6.42. The SMILES string of the molecule is N#Cc1cc(I)cc(S(F)(F)(F)(F)F)c1. The van der Waals surface area contributed by atoms with E-state index in [4.69, 9.17) is 5.26 Å². The highest BCUT2D eigenvalue weighted by molar-refractivity contribution is 14.1. The third-order valence-corrected chi connectivity index (χ3v) is 3.20. The van der Waals surface area contributed by atoms with Crippen LogP contribution >= 0.6 is 32.8 Å². The lowest BCUT2D eigenvalue weighted by Gasteiger charge is -2.40. The maximum absolute atomic E-state index is 12.3. The Labute approximate surface area is 95.8 Å². The fraction of sp³-hybridized carbons (Fsp3) is 0. The molecule has 0 aliphatic rings. The highest BCUT2D eigenvalue weighted by atomic mass is 127. The van der Waals surface area contributed by atoms with Crippen LogP contribution in [0, 0.1) is 14.9 Å². The Morgan fingerprint density at radius 1 is 1.07 bits per heavy atom. The van der Waals surface area contributed by atoms with Crippen molar-refractivity contribution in [2.75, 3.05) is 0 Å². The molecule has 15 heavy (non-hydrogen) atoms. The summed E-state index contributed by atoms with van der Waals surface area (Å²) in [7, 11) is -9.67. The van der Waals surface area contributed by atoms with Crippen molar-refractivity contribution >= 4 is 32.8 Å². The first-order valence-corrected chi connectivity index (χ1v) is 6.40. The number of hydrogen-bond acceptors (Lipinski definition) is 1. The lowest BCUT2D eigenvalue weighted by atomic mass is 10.2. The van der Waals surface area contributed by atoms with Crippen LogP contribution in [0.5, 0.6) is 0 Å². The molecule has 0 aliphatic heterocycles. The maximum Gasteiger partial charge on any atom is 0.310 e. The summed E-state index contributed by atoms with van der Waals surface area (Å²) in [5.74, 6) is 0. The average molecular weight is 355 g/mol. The maximum atomic E-state index is 12.3. The summed E-state index contributed by atoms with van der Waals surface area (Å²) in [6.07, 6.45) is 0. The van der Waals surface area contributed by atoms with Gasteiger partial charge in [-0.3, -0.25) is 0 Å². The molecule has 1 aromatic rings. The van der Waals surface area contributed by atoms with Gasteiger partial charge in [-0.1, -0.05) is 19.4 Å². The minimum Gasteiger partial charge on any atom is -0.192 e. The molecule has 0 spiro atoms. The molecular weight excluding hydrogens is 352 g/mol. The number of halogens is 6. The van der Waals surface area contributed by atoms with Gasteiger partial charge >= 0.3 is 10.2 Å². The van der Waals surface area contributed by atoms with E-state index >= 15 is 0 Å². The number of hydrogen-bond donors (Lipinski definition) is 0. The van der Waals surface area contributed by atoms with Gasteiger partial charge in [-0.15, -0.1) is 0 Å². The van der Waals surface area contributed by atoms with Crippen molar-refractivity contribution in [1.82, 2.24) is 0 Å². The fourth-order valence-corrected chi connectivity index (χ4v) is 2.43. The molecule has 0 aliphatic carbocycles. The van der Waals surface area contributed by atoms with Gasteiger partial charge in [-0.25, -0.2) is 0 Å². The van der Waals surface area contributed by atoms with E-state index in [1.165, 1.54) is 28.7 Å². The molecule has 0 N–H and O–H groups in total. The van der Waals surface area contributed by atoms with Crippen LogP contribution < -0.4 is 0 Å². The van der Waals surface area contributed by atoms with Crippen molar-refractivity contribution in [1.29, 1.82) is 5.26 Å². The van der Waals surface area contributed by atoms with Crippen molar-refractivity contribution in [3.05, 3.63) is 27.3 Å². The molecule has 0 unspecified atom stereocenters. The molecule has 0 radical (unpaired) electrons. The Hall–Kier alpha value is -0.560. The van der Waals surface area contributed by atoms with Gasteiger partial charge < -0.3 is 0 Å². The highest BCUT2D eigenvalue weighted by Gasteiger charge is 2.65. The van der Waals surface area contributed by atoms with E-state index in [1.54, 1.807) is 0 Å². The van der Waals surface area contributed by atoms with Crippen LogP contribution in [0.2, 0.25) is 0 Å². The predicted octanol–water partition coefficient (Wildman–Crippen LogP) is 4.82. The van der Waals surface area contributed by atoms with Crippen molar-refractivity contribution < 1.29 is 19.4 Å². The van der Waals surface area contributed by atoms with Crippen LogP contribution in [-0.2, 0) is 0 Å². The third-order valence-electron chi connectivity index (χ3n) is 1.45. The van der Waals surface area contributed by atoms with E-state index in [-0.39, 0.29) is 9.64 Å². The van der Waals surface area contributed by atoms with E-state index in [2.05, 4.69) is 0 Å². The monoisotopic (exact) mass is 355 g/mol. The van der Waals surface area contributed by atoms with Crippen LogP contribution in [0.4, 0.5) is 19.4 Å². The highest BCUT2D eigenvalue weighted by Crippen LogP contribution is 3.02. The minimum atomic E-state index is -9.67. The van der Waals surface area contributed by atoms with Crippen LogP contribution in [0.25, 0.3) is 0 Å². The third kappa shape index (κ3) is 3.20. The summed E-state index contributed by atoms with van der Waals surface area (Å²) in [4.78, 5) is -2.03. The second kappa shape index (κ2) is 2.76. The molecule has 8 heteroatoms. The molecule has 0 saturated carbocycles. The average Bonchev–Trinajstić information content (AvgIpc) is 1.99. The van der Waals surface area contributed by atoms with E-state index in [1.807, 2.05) is 0 Å². The van der Waals surface area contributed by atoms with Gasteiger partial charge in [-0.05, 0) is 40.8 Å². The Bertz CT molecular complexity index is 460. The van der Waals surface area contributed by atoms with Gasteiger partial charge in [0.2, 0.25) is 0 Å². The zero-order chi connectivity index (χ0) is 12.0. The van der Waals surface area contributed by atoms with Gasteiger partial charge in [0.05, 0.1) is 11.6 Å². The van der Waals surface area contributed by atoms with Crippen LogP contribution in [0.15, 0.2) is 23.1 Å². The summed E-state index contributed by atoms with van der Waals surface area (Å²) >= 11 is 1.44. The minimum absolute atomic E-state index is 0.0603. The Morgan fingerprint density at radius 3 is 2.00 bits per heavy atom. The Kier molecular flexibility index (Phi) is 2.30. The standard InChI is InChI=1S/C7H3F5INS/c8-15(9,10,11,12)7-2-5(4-14)1-6(13)3-7/h1-3H. The Morgan fingerprint density at radius 2 is 1.60 bits per heavy atom. The Balaban J connectivity index is 3.56. The molecular formula is C7H3F5INS. The summed E-state index contributed by atoms with van der Waals surface area (Å²) in [5.41, 5.74) is -0.440. The first-order valence-electron chi connectivity index (χ1n) is 3.37. The zero-order valence-electron chi connectivity index (χ0n) is 6.86. The topological polar surface area (TPSA) is 23.8 Å². The molecule has 0 bridgehead atoms. The van der Waals surface area contributed by atoms with Gasteiger partial charge in [0.25, 0.3) is 0 Å². The molecule has 1 nitrogen and oxygen atoms in total. The van der Waals surface area contributed by atoms with Gasteiger partial charge in [0.15, 0.2) is 0 Å². The molecule has 0 saturated heterocycles. The molecule has 0 aromatic heterocycles. The lowest BCUT2D eigenvalue weighted by molar-refractivity contribution is 0.364. The zero-order valence-corrected chi connectivity index (χ0v) is 9.83. The normalized spacial score (nSPS) is 16.3. The first kappa shape index (κ1) is 12.5. The van der Waals surface area contributed by atoms with Gasteiger partial charge in [-0.2, -0.15) is 5.26 Å². The van der Waals surface area contributed by atoms with Crippen molar-refractivity contribution in [3.63, 3.8) is 0 Å². The second-order valence-electron chi connectivity index (χ2n) is 2.76. The van der Waals surface area contributed by atoms with Gasteiger partial charge in [0, 0.05) is 3.57 Å². The fourth-order valence-electron chi connectivity index (χ4n) is 0.850. The van der Waals surface area contributed by atoms with Crippen molar-refractivity contribution in [2.45, 2.75) is 4.90 Å². The smallest absolute Gasteiger partial charge is 0.192 e. The van der Waals surface area contributed by atoms with Gasteiger partial charge in [0.1, 0.15) is 4.90 Å². The van der Waals surface area contributed by atoms with Crippen LogP contribution in [0.3, 0.4) is 0 Å². The van der Waals surface area contributed by atoms with E-state index < -0.39 is 20.7 Å². The summed E-state index contributed by atoms with van der Waals surface area (Å²) in [5, 5.41) is 8.37.